The molecule has 1 saturated carbocycles. The van der Waals surface area contributed by atoms with Crippen molar-refractivity contribution in [3.05, 3.63) is 17.3 Å². The molecule has 2 aromatic rings. The van der Waals surface area contributed by atoms with Crippen molar-refractivity contribution in [2.75, 3.05) is 5.32 Å². The number of anilines is 1. The second-order valence-corrected chi connectivity index (χ2v) is 7.93. The van der Waals surface area contributed by atoms with E-state index in [4.69, 9.17) is 9.97 Å². The molecule has 0 aromatic carbocycles. The quantitative estimate of drug-likeness (QED) is 0.926. The topological polar surface area (TPSA) is 59.8 Å². The van der Waals surface area contributed by atoms with Crippen molar-refractivity contribution in [1.82, 2.24) is 14.5 Å². The molecule has 1 N–H and O–H groups in total. The maximum absolute atomic E-state index is 12.4. The number of carbonyl (C=O) groups is 1. The number of imidazole rings is 1. The van der Waals surface area contributed by atoms with E-state index in [0.717, 1.165) is 35.3 Å². The fourth-order valence-electron chi connectivity index (χ4n) is 3.11. The van der Waals surface area contributed by atoms with E-state index in [1.165, 1.54) is 6.42 Å². The number of hydrogen-bond donors (Lipinski definition) is 1. The van der Waals surface area contributed by atoms with Crippen molar-refractivity contribution in [3.8, 4) is 0 Å². The van der Waals surface area contributed by atoms with Crippen LogP contribution in [0, 0.1) is 19.3 Å². The standard InChI is InChI=1S/C18H26N4O/c1-11-9-12(2)19-16-15(11)21-17(22(16)13-7-6-8-13)20-14(23)10-18(3,4)5/h9,13H,6-8,10H2,1-5H3,(H,20,21,23). The van der Waals surface area contributed by atoms with E-state index in [2.05, 4.69) is 37.6 Å². The molecular weight excluding hydrogens is 288 g/mol. The first kappa shape index (κ1) is 16.0. The first-order chi connectivity index (χ1) is 10.7. The lowest BCUT2D eigenvalue weighted by atomic mass is 9.92. The van der Waals surface area contributed by atoms with Crippen LogP contribution in [0.15, 0.2) is 6.07 Å². The first-order valence-electron chi connectivity index (χ1n) is 8.40. The smallest absolute Gasteiger partial charge is 0.227 e. The minimum atomic E-state index is -0.0395. The molecule has 124 valence electrons. The number of nitrogens with one attached hydrogen (secondary N) is 1. The van der Waals surface area contributed by atoms with E-state index in [-0.39, 0.29) is 11.3 Å². The van der Waals surface area contributed by atoms with Gasteiger partial charge in [-0.25, -0.2) is 9.97 Å². The zero-order chi connectivity index (χ0) is 16.8. The molecule has 0 bridgehead atoms. The fraction of sp³-hybridized carbons (Fsp3) is 0.611. The van der Waals surface area contributed by atoms with Crippen molar-refractivity contribution in [3.63, 3.8) is 0 Å². The summed E-state index contributed by atoms with van der Waals surface area (Å²) in [6, 6.07) is 2.44. The Bertz CT molecular complexity index is 750. The molecule has 2 aromatic heterocycles. The molecule has 1 amide bonds. The van der Waals surface area contributed by atoms with Gasteiger partial charge in [-0.15, -0.1) is 0 Å². The van der Waals surface area contributed by atoms with Crippen LogP contribution in [0.1, 0.15) is 63.8 Å². The largest absolute Gasteiger partial charge is 0.296 e. The monoisotopic (exact) mass is 314 g/mol. The summed E-state index contributed by atoms with van der Waals surface area (Å²) < 4.78 is 2.14. The minimum Gasteiger partial charge on any atom is -0.296 e. The SMILES string of the molecule is Cc1cc(C)c2nc(NC(=O)CC(C)(C)C)n(C3CCC3)c2n1. The van der Waals surface area contributed by atoms with Crippen molar-refractivity contribution >= 4 is 23.0 Å². The number of carbonyl (C=O) groups excluding carboxylic acids is 1. The number of nitrogens with zero attached hydrogens (tertiary/aromatic N) is 3. The van der Waals surface area contributed by atoms with Crippen LogP contribution in [0.5, 0.6) is 0 Å². The van der Waals surface area contributed by atoms with Gasteiger partial charge in [0.25, 0.3) is 0 Å². The number of pyridine rings is 1. The lowest BCUT2D eigenvalue weighted by molar-refractivity contribution is -0.117. The van der Waals surface area contributed by atoms with E-state index in [9.17, 15) is 4.79 Å². The summed E-state index contributed by atoms with van der Waals surface area (Å²) in [5.74, 6) is 0.669. The molecule has 2 heterocycles. The van der Waals surface area contributed by atoms with Gasteiger partial charge >= 0.3 is 0 Å². The summed E-state index contributed by atoms with van der Waals surface area (Å²) in [4.78, 5) is 21.7. The molecule has 0 unspecified atom stereocenters. The summed E-state index contributed by atoms with van der Waals surface area (Å²) in [6.07, 6.45) is 3.96. The molecule has 1 aliphatic rings. The first-order valence-corrected chi connectivity index (χ1v) is 8.40. The van der Waals surface area contributed by atoms with E-state index in [0.29, 0.717) is 18.4 Å². The Hall–Kier alpha value is -1.91. The van der Waals surface area contributed by atoms with Gasteiger partial charge in [-0.2, -0.15) is 0 Å². The van der Waals surface area contributed by atoms with Gasteiger partial charge in [0, 0.05) is 18.2 Å². The molecule has 1 aliphatic carbocycles. The van der Waals surface area contributed by atoms with Crippen LogP contribution in [-0.2, 0) is 4.79 Å². The number of aryl methyl sites for hydroxylation is 2. The van der Waals surface area contributed by atoms with Crippen LogP contribution in [0.4, 0.5) is 5.95 Å². The highest BCUT2D eigenvalue weighted by Gasteiger charge is 2.27. The maximum atomic E-state index is 12.4. The Balaban J connectivity index is 2.02. The Morgan fingerprint density at radius 1 is 1.30 bits per heavy atom. The molecule has 1 fully saturated rings. The van der Waals surface area contributed by atoms with Crippen LogP contribution in [-0.4, -0.2) is 20.4 Å². The molecule has 0 atom stereocenters. The van der Waals surface area contributed by atoms with Crippen LogP contribution in [0.3, 0.4) is 0 Å². The van der Waals surface area contributed by atoms with Gasteiger partial charge in [-0.1, -0.05) is 20.8 Å². The highest BCUT2D eigenvalue weighted by molar-refractivity contribution is 5.91. The molecule has 0 saturated heterocycles. The van der Waals surface area contributed by atoms with Crippen molar-refractivity contribution in [2.45, 2.75) is 66.3 Å². The second-order valence-electron chi connectivity index (χ2n) is 7.93. The molecule has 0 aliphatic heterocycles. The van der Waals surface area contributed by atoms with Gasteiger partial charge in [0.15, 0.2) is 5.65 Å². The van der Waals surface area contributed by atoms with E-state index in [1.807, 2.05) is 13.0 Å². The normalized spacial score (nSPS) is 15.7. The molecule has 23 heavy (non-hydrogen) atoms. The molecule has 0 spiro atoms. The van der Waals surface area contributed by atoms with Gasteiger partial charge in [0.2, 0.25) is 11.9 Å². The van der Waals surface area contributed by atoms with E-state index < -0.39 is 0 Å². The van der Waals surface area contributed by atoms with Gasteiger partial charge < -0.3 is 0 Å². The Kier molecular flexibility index (Phi) is 3.90. The molecule has 5 nitrogen and oxygen atoms in total. The van der Waals surface area contributed by atoms with Gasteiger partial charge in [0.05, 0.1) is 0 Å². The van der Waals surface area contributed by atoms with Gasteiger partial charge in [-0.3, -0.25) is 14.7 Å². The predicted molar refractivity (Wildman–Crippen MR) is 92.6 cm³/mol. The highest BCUT2D eigenvalue weighted by Crippen LogP contribution is 2.37. The Morgan fingerprint density at radius 3 is 2.57 bits per heavy atom. The number of rotatable bonds is 3. The number of hydrogen-bond acceptors (Lipinski definition) is 3. The lowest BCUT2D eigenvalue weighted by Crippen LogP contribution is -2.24. The molecule has 3 rings (SSSR count). The third-order valence-corrected chi connectivity index (χ3v) is 4.35. The third kappa shape index (κ3) is 3.23. The second kappa shape index (κ2) is 5.62. The summed E-state index contributed by atoms with van der Waals surface area (Å²) in [6.45, 7) is 10.3. The Labute approximate surface area is 137 Å². The van der Waals surface area contributed by atoms with Crippen molar-refractivity contribution in [1.29, 1.82) is 0 Å². The minimum absolute atomic E-state index is 0.0164. The van der Waals surface area contributed by atoms with Gasteiger partial charge in [0.1, 0.15) is 5.52 Å². The van der Waals surface area contributed by atoms with E-state index in [1.54, 1.807) is 0 Å². The number of amides is 1. The summed E-state index contributed by atoms with van der Waals surface area (Å²) in [5.41, 5.74) is 3.86. The summed E-state index contributed by atoms with van der Waals surface area (Å²) in [5, 5.41) is 3.03. The van der Waals surface area contributed by atoms with Crippen molar-refractivity contribution < 1.29 is 4.79 Å². The van der Waals surface area contributed by atoms with Crippen LogP contribution < -0.4 is 5.32 Å². The van der Waals surface area contributed by atoms with Gasteiger partial charge in [-0.05, 0) is 50.2 Å². The molecular formula is C18H26N4O. The predicted octanol–water partition coefficient (Wildman–Crippen LogP) is 4.15. The highest BCUT2D eigenvalue weighted by atomic mass is 16.1. The zero-order valence-electron chi connectivity index (χ0n) is 14.7. The average Bonchev–Trinajstić information content (AvgIpc) is 2.64. The third-order valence-electron chi connectivity index (χ3n) is 4.35. The number of aromatic nitrogens is 3. The van der Waals surface area contributed by atoms with Crippen LogP contribution >= 0.6 is 0 Å². The Morgan fingerprint density at radius 2 is 2.00 bits per heavy atom. The molecule has 0 radical (unpaired) electrons. The maximum Gasteiger partial charge on any atom is 0.227 e. The van der Waals surface area contributed by atoms with Crippen LogP contribution in [0.25, 0.3) is 11.2 Å². The average molecular weight is 314 g/mol. The van der Waals surface area contributed by atoms with Crippen molar-refractivity contribution in [2.24, 2.45) is 5.41 Å². The molecule has 5 heteroatoms. The number of fused-ring (bicyclic) bond motifs is 1. The van der Waals surface area contributed by atoms with Crippen LogP contribution in [0.2, 0.25) is 0 Å². The fourth-order valence-corrected chi connectivity index (χ4v) is 3.11. The lowest BCUT2D eigenvalue weighted by Gasteiger charge is -2.28. The zero-order valence-corrected chi connectivity index (χ0v) is 14.7. The summed E-state index contributed by atoms with van der Waals surface area (Å²) in [7, 11) is 0. The van der Waals surface area contributed by atoms with E-state index >= 15 is 0 Å². The summed E-state index contributed by atoms with van der Waals surface area (Å²) >= 11 is 0.